The summed E-state index contributed by atoms with van der Waals surface area (Å²) in [7, 11) is 1.65. The minimum Gasteiger partial charge on any atom is -0.377 e. The van der Waals surface area contributed by atoms with Crippen molar-refractivity contribution in [2.24, 2.45) is 5.92 Å². The Balaban J connectivity index is 1.88. The summed E-state index contributed by atoms with van der Waals surface area (Å²) in [6.07, 6.45) is 6.62. The fraction of sp³-hybridized carbons (Fsp3) is 0.643. The van der Waals surface area contributed by atoms with Crippen molar-refractivity contribution in [1.82, 2.24) is 15.3 Å². The third kappa shape index (κ3) is 3.72. The summed E-state index contributed by atoms with van der Waals surface area (Å²) in [4.78, 5) is 19.2. The van der Waals surface area contributed by atoms with E-state index in [0.717, 1.165) is 18.8 Å². The van der Waals surface area contributed by atoms with Crippen molar-refractivity contribution in [2.45, 2.75) is 38.2 Å². The molecule has 1 aliphatic carbocycles. The van der Waals surface area contributed by atoms with Gasteiger partial charge in [-0.15, -0.1) is 0 Å². The van der Waals surface area contributed by atoms with Crippen molar-refractivity contribution in [3.63, 3.8) is 0 Å². The van der Waals surface area contributed by atoms with Gasteiger partial charge in [0.1, 0.15) is 0 Å². The van der Waals surface area contributed by atoms with Crippen LogP contribution in [0.4, 0.5) is 4.39 Å². The first-order valence-electron chi connectivity index (χ1n) is 6.83. The Hall–Kier alpha value is -1.56. The van der Waals surface area contributed by atoms with Gasteiger partial charge in [-0.05, 0) is 19.3 Å². The van der Waals surface area contributed by atoms with Crippen molar-refractivity contribution in [1.29, 1.82) is 0 Å². The zero-order valence-corrected chi connectivity index (χ0v) is 11.9. The Morgan fingerprint density at radius 1 is 1.50 bits per heavy atom. The van der Waals surface area contributed by atoms with Crippen LogP contribution in [0.25, 0.3) is 0 Å². The maximum Gasteiger partial charge on any atom is 0.289 e. The van der Waals surface area contributed by atoms with Gasteiger partial charge in [0.15, 0.2) is 5.82 Å². The molecule has 1 saturated carbocycles. The van der Waals surface area contributed by atoms with E-state index in [9.17, 15) is 9.18 Å². The molecule has 0 aromatic carbocycles. The van der Waals surface area contributed by atoms with Gasteiger partial charge in [0.05, 0.1) is 18.0 Å². The molecule has 0 aliphatic heterocycles. The number of carbonyl (C=O) groups excluding carboxylic acids is 1. The minimum absolute atomic E-state index is 0.0338. The first-order chi connectivity index (χ1) is 9.52. The Bertz CT molecular complexity index is 462. The lowest BCUT2D eigenvalue weighted by molar-refractivity contribution is -0.0213. The van der Waals surface area contributed by atoms with Gasteiger partial charge in [-0.25, -0.2) is 14.4 Å². The molecule has 1 heterocycles. The summed E-state index contributed by atoms with van der Waals surface area (Å²) in [6, 6.07) is 0. The predicted octanol–water partition coefficient (Wildman–Crippen LogP) is 1.94. The van der Waals surface area contributed by atoms with Crippen LogP contribution in [-0.2, 0) is 4.74 Å². The molecule has 0 saturated heterocycles. The molecule has 1 atom stereocenters. The van der Waals surface area contributed by atoms with Crippen molar-refractivity contribution in [3.05, 3.63) is 24.0 Å². The Morgan fingerprint density at radius 2 is 2.15 bits per heavy atom. The van der Waals surface area contributed by atoms with Crippen LogP contribution in [0.2, 0.25) is 0 Å². The standard InChI is InChI=1S/C14H20FN3O2/c1-14(20-2,6-10-4-3-5-10)9-18-13(19)12-16-7-11(15)8-17-12/h7-8,10H,3-6,9H2,1-2H3,(H,18,19). The van der Waals surface area contributed by atoms with E-state index in [1.807, 2.05) is 6.92 Å². The highest BCUT2D eigenvalue weighted by Gasteiger charge is 2.31. The van der Waals surface area contributed by atoms with E-state index in [4.69, 9.17) is 4.74 Å². The molecule has 1 amide bonds. The topological polar surface area (TPSA) is 64.1 Å². The third-order valence-electron chi connectivity index (χ3n) is 3.88. The second-order valence-corrected chi connectivity index (χ2v) is 5.56. The number of hydrogen-bond donors (Lipinski definition) is 1. The molecule has 1 aromatic rings. The lowest BCUT2D eigenvalue weighted by Crippen LogP contribution is -2.44. The maximum absolute atomic E-state index is 12.7. The van der Waals surface area contributed by atoms with E-state index < -0.39 is 11.7 Å². The van der Waals surface area contributed by atoms with E-state index >= 15 is 0 Å². The molecule has 6 heteroatoms. The zero-order chi connectivity index (χ0) is 14.6. The van der Waals surface area contributed by atoms with Gasteiger partial charge < -0.3 is 10.1 Å². The highest BCUT2D eigenvalue weighted by molar-refractivity contribution is 5.90. The number of carbonyl (C=O) groups is 1. The van der Waals surface area contributed by atoms with Crippen LogP contribution in [0.1, 0.15) is 43.2 Å². The maximum atomic E-state index is 12.7. The van der Waals surface area contributed by atoms with Gasteiger partial charge >= 0.3 is 0 Å². The predicted molar refractivity (Wildman–Crippen MR) is 71.7 cm³/mol. The van der Waals surface area contributed by atoms with E-state index in [2.05, 4.69) is 15.3 Å². The molecule has 0 spiro atoms. The van der Waals surface area contributed by atoms with Crippen LogP contribution in [0.15, 0.2) is 12.4 Å². The lowest BCUT2D eigenvalue weighted by atomic mass is 9.77. The van der Waals surface area contributed by atoms with Gasteiger partial charge in [0.2, 0.25) is 5.82 Å². The molecule has 0 radical (unpaired) electrons. The summed E-state index contributed by atoms with van der Waals surface area (Å²) in [5.74, 6) is -0.331. The molecule has 1 aromatic heterocycles. The fourth-order valence-electron chi connectivity index (χ4n) is 2.31. The summed E-state index contributed by atoms with van der Waals surface area (Å²) in [5, 5.41) is 2.75. The number of amides is 1. The number of aromatic nitrogens is 2. The van der Waals surface area contributed by atoms with Gasteiger partial charge in [-0.2, -0.15) is 0 Å². The number of rotatable bonds is 6. The number of hydrogen-bond acceptors (Lipinski definition) is 4. The summed E-state index contributed by atoms with van der Waals surface area (Å²) >= 11 is 0. The lowest BCUT2D eigenvalue weighted by Gasteiger charge is -2.36. The number of nitrogens with zero attached hydrogens (tertiary/aromatic N) is 2. The Morgan fingerprint density at radius 3 is 2.65 bits per heavy atom. The monoisotopic (exact) mass is 281 g/mol. The van der Waals surface area contributed by atoms with E-state index in [1.54, 1.807) is 7.11 Å². The zero-order valence-electron chi connectivity index (χ0n) is 11.9. The fourth-order valence-corrected chi connectivity index (χ4v) is 2.31. The normalized spacial score (nSPS) is 18.1. The summed E-state index contributed by atoms with van der Waals surface area (Å²) in [5.41, 5.74) is -0.388. The smallest absolute Gasteiger partial charge is 0.289 e. The molecule has 110 valence electrons. The number of ether oxygens (including phenoxy) is 1. The summed E-state index contributed by atoms with van der Waals surface area (Å²) < 4.78 is 18.2. The largest absolute Gasteiger partial charge is 0.377 e. The highest BCUT2D eigenvalue weighted by Crippen LogP contribution is 2.34. The molecule has 1 N–H and O–H groups in total. The summed E-state index contributed by atoms with van der Waals surface area (Å²) in [6.45, 7) is 2.37. The quantitative estimate of drug-likeness (QED) is 0.865. The Kier molecular flexibility index (Phi) is 4.65. The first-order valence-corrected chi connectivity index (χ1v) is 6.83. The van der Waals surface area contributed by atoms with Gasteiger partial charge in [0.25, 0.3) is 5.91 Å². The van der Waals surface area contributed by atoms with Crippen molar-refractivity contribution < 1.29 is 13.9 Å². The van der Waals surface area contributed by atoms with Crippen LogP contribution < -0.4 is 5.32 Å². The second kappa shape index (κ2) is 6.26. The van der Waals surface area contributed by atoms with E-state index in [1.165, 1.54) is 19.3 Å². The second-order valence-electron chi connectivity index (χ2n) is 5.56. The first kappa shape index (κ1) is 14.8. The third-order valence-corrected chi connectivity index (χ3v) is 3.88. The van der Waals surface area contributed by atoms with Crippen molar-refractivity contribution >= 4 is 5.91 Å². The molecular weight excluding hydrogens is 261 g/mol. The van der Waals surface area contributed by atoms with Crippen LogP contribution in [0.5, 0.6) is 0 Å². The number of halogens is 1. The molecule has 20 heavy (non-hydrogen) atoms. The van der Waals surface area contributed by atoms with Crippen LogP contribution in [0.3, 0.4) is 0 Å². The average molecular weight is 281 g/mol. The molecule has 1 fully saturated rings. The van der Waals surface area contributed by atoms with Crippen molar-refractivity contribution in [2.75, 3.05) is 13.7 Å². The van der Waals surface area contributed by atoms with Crippen molar-refractivity contribution in [3.8, 4) is 0 Å². The Labute approximate surface area is 118 Å². The number of nitrogens with one attached hydrogen (secondary N) is 1. The van der Waals surface area contributed by atoms with Crippen LogP contribution >= 0.6 is 0 Å². The highest BCUT2D eigenvalue weighted by atomic mass is 19.1. The number of methoxy groups -OCH3 is 1. The minimum atomic E-state index is -0.562. The SMILES string of the molecule is COC(C)(CNC(=O)c1ncc(F)cn1)CC1CCC1. The molecule has 5 nitrogen and oxygen atoms in total. The van der Waals surface area contributed by atoms with Crippen LogP contribution in [-0.4, -0.2) is 35.1 Å². The van der Waals surface area contributed by atoms with Crippen LogP contribution in [0, 0.1) is 11.7 Å². The molecule has 1 unspecified atom stereocenters. The molecule has 2 rings (SSSR count). The van der Waals surface area contributed by atoms with Gasteiger partial charge in [-0.3, -0.25) is 4.79 Å². The molecular formula is C14H20FN3O2. The van der Waals surface area contributed by atoms with Gasteiger partial charge in [-0.1, -0.05) is 19.3 Å². The molecule has 0 bridgehead atoms. The van der Waals surface area contributed by atoms with E-state index in [-0.39, 0.29) is 11.4 Å². The molecule has 1 aliphatic rings. The van der Waals surface area contributed by atoms with E-state index in [0.29, 0.717) is 12.5 Å². The van der Waals surface area contributed by atoms with Gasteiger partial charge in [0, 0.05) is 13.7 Å². The average Bonchev–Trinajstić information content (AvgIpc) is 2.41.